The zero-order valence-electron chi connectivity index (χ0n) is 9.76. The van der Waals surface area contributed by atoms with Gasteiger partial charge in [0, 0.05) is 0 Å². The molecule has 1 aromatic carbocycles. The number of hydrogen-bond acceptors (Lipinski definition) is 5. The molecule has 6 heteroatoms. The third-order valence-corrected chi connectivity index (χ3v) is 2.23. The first-order valence-electron chi connectivity index (χ1n) is 4.73. The average molecular weight is 257 g/mol. The highest BCUT2D eigenvalue weighted by molar-refractivity contribution is 5.89. The summed E-state index contributed by atoms with van der Waals surface area (Å²) in [6.45, 7) is 0. The van der Waals surface area contributed by atoms with E-state index < -0.39 is 0 Å². The lowest BCUT2D eigenvalue weighted by molar-refractivity contribution is 0.355. The van der Waals surface area contributed by atoms with Crippen LogP contribution in [0, 0.1) is 0 Å². The van der Waals surface area contributed by atoms with Gasteiger partial charge >= 0.3 is 6.01 Å². The van der Waals surface area contributed by atoms with Gasteiger partial charge in [-0.2, -0.15) is 9.97 Å². The summed E-state index contributed by atoms with van der Waals surface area (Å²) in [4.78, 5) is 8.33. The van der Waals surface area contributed by atoms with Crippen LogP contribution in [0.5, 0.6) is 17.6 Å². The molecule has 0 aliphatic carbocycles. The van der Waals surface area contributed by atoms with Gasteiger partial charge in [-0.1, -0.05) is 6.07 Å². The topological polar surface area (TPSA) is 53.5 Å². The van der Waals surface area contributed by atoms with E-state index in [4.69, 9.17) is 14.2 Å². The lowest BCUT2D eigenvalue weighted by atomic mass is 10.2. The molecule has 0 bridgehead atoms. The fourth-order valence-corrected chi connectivity index (χ4v) is 1.51. The molecule has 0 aliphatic rings. The summed E-state index contributed by atoms with van der Waals surface area (Å²) in [6, 6.07) is 5.82. The van der Waals surface area contributed by atoms with Gasteiger partial charge in [0.2, 0.25) is 5.88 Å². The van der Waals surface area contributed by atoms with Crippen LogP contribution in [0.3, 0.4) is 0 Å². The van der Waals surface area contributed by atoms with E-state index in [2.05, 4.69) is 9.97 Å². The summed E-state index contributed by atoms with van der Waals surface area (Å²) in [7, 11) is 4.66. The number of hydrogen-bond donors (Lipinski definition) is 0. The highest BCUT2D eigenvalue weighted by atomic mass is 35.5. The second-order valence-electron chi connectivity index (χ2n) is 3.07. The van der Waals surface area contributed by atoms with Gasteiger partial charge in [0.15, 0.2) is 0 Å². The molecule has 0 aliphatic heterocycles. The van der Waals surface area contributed by atoms with Crippen molar-refractivity contribution in [1.82, 2.24) is 9.97 Å². The SMILES string of the molecule is COc1nc(OC)c2c(OC)cccc2n1.Cl. The second-order valence-corrected chi connectivity index (χ2v) is 3.07. The molecule has 0 atom stereocenters. The largest absolute Gasteiger partial charge is 0.496 e. The van der Waals surface area contributed by atoms with E-state index in [9.17, 15) is 0 Å². The number of aromatic nitrogens is 2. The van der Waals surface area contributed by atoms with Crippen LogP contribution >= 0.6 is 12.4 Å². The van der Waals surface area contributed by atoms with Gasteiger partial charge in [0.25, 0.3) is 0 Å². The van der Waals surface area contributed by atoms with Crippen molar-refractivity contribution in [2.45, 2.75) is 0 Å². The fourth-order valence-electron chi connectivity index (χ4n) is 1.51. The summed E-state index contributed by atoms with van der Waals surface area (Å²) in [5, 5.41) is 0.744. The Bertz CT molecular complexity index is 519. The lowest BCUT2D eigenvalue weighted by Gasteiger charge is -2.09. The second kappa shape index (κ2) is 5.54. The van der Waals surface area contributed by atoms with E-state index in [0.29, 0.717) is 11.6 Å². The predicted molar refractivity (Wildman–Crippen MR) is 66.4 cm³/mol. The maximum absolute atomic E-state index is 5.24. The summed E-state index contributed by atoms with van der Waals surface area (Å²) in [5.41, 5.74) is 0.725. The highest BCUT2D eigenvalue weighted by Gasteiger charge is 2.12. The minimum atomic E-state index is 0. The summed E-state index contributed by atoms with van der Waals surface area (Å²) < 4.78 is 15.4. The van der Waals surface area contributed by atoms with Crippen LogP contribution < -0.4 is 14.2 Å². The zero-order valence-corrected chi connectivity index (χ0v) is 10.6. The first-order chi connectivity index (χ1) is 7.80. The molecule has 0 radical (unpaired) electrons. The van der Waals surface area contributed by atoms with E-state index in [1.54, 1.807) is 14.2 Å². The molecule has 2 rings (SSSR count). The van der Waals surface area contributed by atoms with Crippen molar-refractivity contribution < 1.29 is 14.2 Å². The summed E-state index contributed by atoms with van der Waals surface area (Å²) in [6.07, 6.45) is 0. The van der Waals surface area contributed by atoms with Crippen molar-refractivity contribution in [2.24, 2.45) is 0 Å². The standard InChI is InChI=1S/C11H12N2O3.ClH/c1-14-8-6-4-5-7-9(8)10(15-2)13-11(12-7)16-3;/h4-6H,1-3H3;1H. The first-order valence-corrected chi connectivity index (χ1v) is 4.73. The van der Waals surface area contributed by atoms with Gasteiger partial charge in [-0.15, -0.1) is 12.4 Å². The van der Waals surface area contributed by atoms with E-state index in [-0.39, 0.29) is 18.4 Å². The van der Waals surface area contributed by atoms with Gasteiger partial charge in [0.05, 0.1) is 26.8 Å². The Kier molecular flexibility index (Phi) is 4.34. The molecule has 1 aromatic heterocycles. The molecule has 0 unspecified atom stereocenters. The van der Waals surface area contributed by atoms with E-state index in [1.165, 1.54) is 7.11 Å². The number of benzene rings is 1. The Labute approximate surface area is 105 Å². The third kappa shape index (κ3) is 2.34. The molecule has 0 saturated carbocycles. The molecule has 2 aromatic rings. The predicted octanol–water partition coefficient (Wildman–Crippen LogP) is 2.08. The normalized spacial score (nSPS) is 9.59. The summed E-state index contributed by atoms with van der Waals surface area (Å²) in [5.74, 6) is 1.12. The monoisotopic (exact) mass is 256 g/mol. The first kappa shape index (κ1) is 13.3. The number of rotatable bonds is 3. The van der Waals surface area contributed by atoms with Gasteiger partial charge in [-0.25, -0.2) is 0 Å². The van der Waals surface area contributed by atoms with E-state index in [1.807, 2.05) is 18.2 Å². The van der Waals surface area contributed by atoms with E-state index >= 15 is 0 Å². The molecule has 5 nitrogen and oxygen atoms in total. The van der Waals surface area contributed by atoms with Gasteiger partial charge in [-0.05, 0) is 12.1 Å². The van der Waals surface area contributed by atoms with Crippen LogP contribution in [0.15, 0.2) is 18.2 Å². The lowest BCUT2D eigenvalue weighted by Crippen LogP contribution is -1.98. The number of ether oxygens (including phenoxy) is 3. The smallest absolute Gasteiger partial charge is 0.320 e. The molecular formula is C11H13ClN2O3. The molecule has 1 heterocycles. The fraction of sp³-hybridized carbons (Fsp3) is 0.273. The highest BCUT2D eigenvalue weighted by Crippen LogP contribution is 2.32. The number of halogens is 1. The number of methoxy groups -OCH3 is 3. The van der Waals surface area contributed by atoms with Crippen molar-refractivity contribution in [3.05, 3.63) is 18.2 Å². The van der Waals surface area contributed by atoms with Crippen LogP contribution in [0.2, 0.25) is 0 Å². The van der Waals surface area contributed by atoms with Crippen LogP contribution in [0.4, 0.5) is 0 Å². The molecule has 0 spiro atoms. The summed E-state index contributed by atoms with van der Waals surface area (Å²) >= 11 is 0. The van der Waals surface area contributed by atoms with Gasteiger partial charge in [-0.3, -0.25) is 0 Å². The maximum atomic E-state index is 5.24. The van der Waals surface area contributed by atoms with Crippen molar-refractivity contribution in [3.8, 4) is 17.6 Å². The van der Waals surface area contributed by atoms with Crippen LogP contribution in [0.25, 0.3) is 10.9 Å². The third-order valence-electron chi connectivity index (χ3n) is 2.23. The van der Waals surface area contributed by atoms with Crippen molar-refractivity contribution >= 4 is 23.3 Å². The zero-order chi connectivity index (χ0) is 11.5. The Morgan fingerprint density at radius 1 is 0.941 bits per heavy atom. The Hall–Kier alpha value is -1.75. The van der Waals surface area contributed by atoms with Crippen LogP contribution in [0.1, 0.15) is 0 Å². The Balaban J connectivity index is 0.00000144. The molecule has 0 N–H and O–H groups in total. The molecule has 0 fully saturated rings. The Morgan fingerprint density at radius 3 is 2.29 bits per heavy atom. The average Bonchev–Trinajstić information content (AvgIpc) is 2.36. The minimum Gasteiger partial charge on any atom is -0.496 e. The molecule has 92 valence electrons. The minimum absolute atomic E-state index is 0. The van der Waals surface area contributed by atoms with Gasteiger partial charge in [0.1, 0.15) is 11.1 Å². The quantitative estimate of drug-likeness (QED) is 0.842. The maximum Gasteiger partial charge on any atom is 0.320 e. The molecule has 17 heavy (non-hydrogen) atoms. The molecule has 0 saturated heterocycles. The molecular weight excluding hydrogens is 244 g/mol. The Morgan fingerprint density at radius 2 is 1.71 bits per heavy atom. The molecule has 0 amide bonds. The van der Waals surface area contributed by atoms with Crippen molar-refractivity contribution in [3.63, 3.8) is 0 Å². The number of fused-ring (bicyclic) bond motifs is 1. The number of nitrogens with zero attached hydrogens (tertiary/aromatic N) is 2. The van der Waals surface area contributed by atoms with Crippen LogP contribution in [-0.4, -0.2) is 31.3 Å². The van der Waals surface area contributed by atoms with Gasteiger partial charge < -0.3 is 14.2 Å². The van der Waals surface area contributed by atoms with E-state index in [0.717, 1.165) is 10.9 Å². The van der Waals surface area contributed by atoms with Crippen LogP contribution in [-0.2, 0) is 0 Å². The van der Waals surface area contributed by atoms with Crippen molar-refractivity contribution in [2.75, 3.05) is 21.3 Å². The van der Waals surface area contributed by atoms with Crippen molar-refractivity contribution in [1.29, 1.82) is 0 Å².